The average molecular weight is 433 g/mol. The molecule has 0 bridgehead atoms. The van der Waals surface area contributed by atoms with E-state index in [9.17, 15) is 18.1 Å². The van der Waals surface area contributed by atoms with Crippen LogP contribution < -0.4 is 4.52 Å². The summed E-state index contributed by atoms with van der Waals surface area (Å²) in [4.78, 5) is 21.1. The molecule has 134 valence electrons. The summed E-state index contributed by atoms with van der Waals surface area (Å²) in [5, 5.41) is 0. The molecule has 0 saturated heterocycles. The number of Topliss-reactive ketones (excluding diaryl/α,β-unsaturated/α-hetero) is 1. The third kappa shape index (κ3) is 5.21. The SMILES string of the molecule is CC(=O)C(Cc1ccc(OP(=O)(O)C(F)F)c(Br)c1)c1ccccc1. The van der Waals surface area contributed by atoms with Crippen LogP contribution >= 0.6 is 23.5 Å². The molecule has 0 saturated carbocycles. The minimum atomic E-state index is -5.04. The summed E-state index contributed by atoms with van der Waals surface area (Å²) >= 11 is 3.15. The second-order valence-corrected chi connectivity index (χ2v) is 8.03. The number of carbonyl (C=O) groups is 1. The lowest BCUT2D eigenvalue weighted by Crippen LogP contribution is -2.12. The van der Waals surface area contributed by atoms with E-state index >= 15 is 0 Å². The summed E-state index contributed by atoms with van der Waals surface area (Å²) in [6.45, 7) is 1.51. The van der Waals surface area contributed by atoms with Crippen LogP contribution in [0.4, 0.5) is 8.78 Å². The molecule has 0 aliphatic heterocycles. The second kappa shape index (κ2) is 8.21. The molecule has 0 aromatic heterocycles. The van der Waals surface area contributed by atoms with Gasteiger partial charge in [0.1, 0.15) is 11.5 Å². The number of ketones is 1. The van der Waals surface area contributed by atoms with E-state index in [0.29, 0.717) is 6.42 Å². The molecule has 0 amide bonds. The maximum absolute atomic E-state index is 12.5. The Hall–Kier alpha value is -1.56. The summed E-state index contributed by atoms with van der Waals surface area (Å²) in [5.74, 6) is -0.501. The summed E-state index contributed by atoms with van der Waals surface area (Å²) < 4.78 is 41.0. The van der Waals surface area contributed by atoms with Crippen LogP contribution in [0.25, 0.3) is 0 Å². The third-order valence-corrected chi connectivity index (χ3v) is 5.18. The van der Waals surface area contributed by atoms with Crippen LogP contribution in [-0.2, 0) is 15.8 Å². The Morgan fingerprint density at radius 3 is 2.40 bits per heavy atom. The second-order valence-electron chi connectivity index (χ2n) is 5.48. The normalized spacial score (nSPS) is 14.8. The van der Waals surface area contributed by atoms with Crippen molar-refractivity contribution in [3.8, 4) is 5.75 Å². The van der Waals surface area contributed by atoms with E-state index in [1.165, 1.54) is 13.0 Å². The fraction of sp³-hybridized carbons (Fsp3) is 0.235. The predicted octanol–water partition coefficient (Wildman–Crippen LogP) is 5.15. The number of carbonyl (C=O) groups excluding carboxylic acids is 1. The largest absolute Gasteiger partial charge is 0.442 e. The van der Waals surface area contributed by atoms with Crippen LogP contribution in [0.2, 0.25) is 0 Å². The molecule has 0 radical (unpaired) electrons. The Bertz CT molecular complexity index is 798. The summed E-state index contributed by atoms with van der Waals surface area (Å²) in [6.07, 6.45) is -3.08. The van der Waals surface area contributed by atoms with Crippen LogP contribution in [0.1, 0.15) is 24.0 Å². The van der Waals surface area contributed by atoms with Crippen LogP contribution in [0.5, 0.6) is 5.75 Å². The van der Waals surface area contributed by atoms with E-state index in [1.807, 2.05) is 30.3 Å². The standard InChI is InChI=1S/C17H16BrF2O4P/c1-11(21)14(13-5-3-2-4-6-13)9-12-7-8-16(15(18)10-12)24-25(22,23)17(19)20/h2-8,10,14,17H,9H2,1H3,(H,22,23). The number of hydrogen-bond donors (Lipinski definition) is 1. The van der Waals surface area contributed by atoms with Crippen LogP contribution in [0, 0.1) is 0 Å². The zero-order valence-electron chi connectivity index (χ0n) is 13.2. The first-order valence-electron chi connectivity index (χ1n) is 7.34. The quantitative estimate of drug-likeness (QED) is 0.614. The van der Waals surface area contributed by atoms with E-state index in [4.69, 9.17) is 4.89 Å². The first kappa shape index (κ1) is 19.8. The van der Waals surface area contributed by atoms with E-state index in [-0.39, 0.29) is 21.9 Å². The zero-order chi connectivity index (χ0) is 18.6. The average Bonchev–Trinajstić information content (AvgIpc) is 2.55. The van der Waals surface area contributed by atoms with Gasteiger partial charge < -0.3 is 9.42 Å². The molecule has 0 aliphatic rings. The van der Waals surface area contributed by atoms with Crippen molar-refractivity contribution in [1.29, 1.82) is 0 Å². The zero-order valence-corrected chi connectivity index (χ0v) is 15.7. The minimum absolute atomic E-state index is 0.000193. The maximum atomic E-state index is 12.5. The number of hydrogen-bond acceptors (Lipinski definition) is 3. The van der Waals surface area contributed by atoms with Gasteiger partial charge in [-0.15, -0.1) is 0 Å². The van der Waals surface area contributed by atoms with Gasteiger partial charge in [0.25, 0.3) is 0 Å². The van der Waals surface area contributed by atoms with Gasteiger partial charge in [0, 0.05) is 5.92 Å². The van der Waals surface area contributed by atoms with Gasteiger partial charge in [-0.1, -0.05) is 36.4 Å². The van der Waals surface area contributed by atoms with E-state index in [1.54, 1.807) is 12.1 Å². The number of alkyl halides is 2. The Morgan fingerprint density at radius 2 is 1.88 bits per heavy atom. The molecule has 2 aromatic rings. The molecule has 0 spiro atoms. The van der Waals surface area contributed by atoms with Gasteiger partial charge in [-0.25, -0.2) is 4.57 Å². The van der Waals surface area contributed by atoms with Crippen molar-refractivity contribution >= 4 is 29.3 Å². The molecule has 2 rings (SSSR count). The molecule has 1 N–H and O–H groups in total. The lowest BCUT2D eigenvalue weighted by atomic mass is 9.89. The van der Waals surface area contributed by atoms with Crippen molar-refractivity contribution in [2.24, 2.45) is 0 Å². The summed E-state index contributed by atoms with van der Waals surface area (Å²) in [6, 6.07) is 13.8. The molecular weight excluding hydrogens is 417 g/mol. The van der Waals surface area contributed by atoms with Gasteiger partial charge in [0.15, 0.2) is 0 Å². The maximum Gasteiger partial charge on any atom is 0.442 e. The monoisotopic (exact) mass is 432 g/mol. The number of rotatable bonds is 7. The summed E-state index contributed by atoms with van der Waals surface area (Å²) in [7, 11) is -5.04. The molecule has 0 fully saturated rings. The van der Waals surface area contributed by atoms with E-state index < -0.39 is 13.8 Å². The van der Waals surface area contributed by atoms with Gasteiger partial charge in [-0.2, -0.15) is 8.78 Å². The van der Waals surface area contributed by atoms with E-state index in [0.717, 1.165) is 11.1 Å². The number of halogens is 3. The highest BCUT2D eigenvalue weighted by molar-refractivity contribution is 9.10. The molecular formula is C17H16BrF2O4P. The van der Waals surface area contributed by atoms with Gasteiger partial charge in [-0.3, -0.25) is 4.79 Å². The summed E-state index contributed by atoms with van der Waals surface area (Å²) in [5.41, 5.74) is 1.64. The Labute approximate surface area is 152 Å². The highest BCUT2D eigenvalue weighted by Gasteiger charge is 2.34. The number of benzene rings is 2. The van der Waals surface area contributed by atoms with Crippen LogP contribution in [0.3, 0.4) is 0 Å². The highest BCUT2D eigenvalue weighted by atomic mass is 79.9. The molecule has 2 atom stereocenters. The first-order chi connectivity index (χ1) is 11.7. The molecule has 2 unspecified atom stereocenters. The van der Waals surface area contributed by atoms with Crippen molar-refractivity contribution in [2.45, 2.75) is 25.4 Å². The van der Waals surface area contributed by atoms with Gasteiger partial charge in [-0.05, 0) is 52.5 Å². The van der Waals surface area contributed by atoms with Crippen molar-refractivity contribution in [2.75, 3.05) is 0 Å². The van der Waals surface area contributed by atoms with Crippen molar-refractivity contribution < 1.29 is 27.6 Å². The lowest BCUT2D eigenvalue weighted by molar-refractivity contribution is -0.118. The van der Waals surface area contributed by atoms with Gasteiger partial charge in [0.2, 0.25) is 0 Å². The smallest absolute Gasteiger partial charge is 0.420 e. The lowest BCUT2D eigenvalue weighted by Gasteiger charge is -2.17. The van der Waals surface area contributed by atoms with Crippen LogP contribution in [-0.4, -0.2) is 16.8 Å². The van der Waals surface area contributed by atoms with Gasteiger partial charge in [0.05, 0.1) is 4.47 Å². The fourth-order valence-corrected chi connectivity index (χ4v) is 3.50. The molecule has 0 heterocycles. The highest BCUT2D eigenvalue weighted by Crippen LogP contribution is 2.50. The van der Waals surface area contributed by atoms with Crippen molar-refractivity contribution in [3.63, 3.8) is 0 Å². The predicted molar refractivity (Wildman–Crippen MR) is 94.2 cm³/mol. The van der Waals surface area contributed by atoms with Crippen molar-refractivity contribution in [1.82, 2.24) is 0 Å². The van der Waals surface area contributed by atoms with Crippen molar-refractivity contribution in [3.05, 3.63) is 64.1 Å². The third-order valence-electron chi connectivity index (χ3n) is 3.60. The fourth-order valence-electron chi connectivity index (χ4n) is 2.34. The molecule has 8 heteroatoms. The van der Waals surface area contributed by atoms with E-state index in [2.05, 4.69) is 20.5 Å². The molecule has 25 heavy (non-hydrogen) atoms. The topological polar surface area (TPSA) is 63.6 Å². The Morgan fingerprint density at radius 1 is 1.24 bits per heavy atom. The Balaban J connectivity index is 2.22. The Kier molecular flexibility index (Phi) is 6.49. The molecule has 2 aromatic carbocycles. The van der Waals surface area contributed by atoms with Crippen LogP contribution in [0.15, 0.2) is 53.0 Å². The first-order valence-corrected chi connectivity index (χ1v) is 9.78. The minimum Gasteiger partial charge on any atom is -0.420 e. The molecule has 4 nitrogen and oxygen atoms in total. The molecule has 0 aliphatic carbocycles. The van der Waals surface area contributed by atoms with Gasteiger partial charge >= 0.3 is 13.8 Å².